The van der Waals surface area contributed by atoms with E-state index in [0.29, 0.717) is 12.1 Å². The summed E-state index contributed by atoms with van der Waals surface area (Å²) in [6.45, 7) is 9.26. The number of rotatable bonds is 4. The maximum atomic E-state index is 12.6. The summed E-state index contributed by atoms with van der Waals surface area (Å²) in [5, 5.41) is 9.82. The zero-order chi connectivity index (χ0) is 16.3. The van der Waals surface area contributed by atoms with Gasteiger partial charge in [0.05, 0.1) is 5.56 Å². The molecule has 3 nitrogen and oxygen atoms in total. The number of piperazine rings is 1. The lowest BCUT2D eigenvalue weighted by Gasteiger charge is -2.35. The van der Waals surface area contributed by atoms with Gasteiger partial charge >= 0.3 is 6.18 Å². The number of alkyl halides is 3. The molecule has 0 saturated carbocycles. The first-order valence-corrected chi connectivity index (χ1v) is 7.38. The van der Waals surface area contributed by atoms with Crippen LogP contribution in [0.25, 0.3) is 0 Å². The molecule has 0 atom stereocenters. The maximum absolute atomic E-state index is 12.6. The Kier molecular flexibility index (Phi) is 5.34. The average molecular weight is 315 g/mol. The van der Waals surface area contributed by atoms with Crippen molar-refractivity contribution < 1.29 is 18.3 Å². The average Bonchev–Trinajstić information content (AvgIpc) is 2.41. The standard InChI is InChI=1S/C16H22F3N2O/c1-12(2)10-20-5-7-21(8-6-20)11-13-3-4-14(9-15(13)22)16(17,18)19/h3-4,9,22H,5-8,10-11H2,1-2H3. The van der Waals surface area contributed by atoms with Gasteiger partial charge in [-0.05, 0) is 18.1 Å². The number of phenolic OH excluding ortho intramolecular Hbond substituents is 1. The van der Waals surface area contributed by atoms with Gasteiger partial charge in [-0.3, -0.25) is 4.90 Å². The summed E-state index contributed by atoms with van der Waals surface area (Å²) in [4.78, 5) is 4.52. The van der Waals surface area contributed by atoms with Crippen LogP contribution in [0.5, 0.6) is 5.75 Å². The van der Waals surface area contributed by atoms with E-state index in [1.54, 1.807) is 0 Å². The monoisotopic (exact) mass is 315 g/mol. The van der Waals surface area contributed by atoms with E-state index in [9.17, 15) is 18.3 Å². The number of hydrogen-bond donors (Lipinski definition) is 1. The Morgan fingerprint density at radius 3 is 2.18 bits per heavy atom. The van der Waals surface area contributed by atoms with Crippen molar-refractivity contribution >= 4 is 0 Å². The maximum Gasteiger partial charge on any atom is 0.416 e. The Morgan fingerprint density at radius 1 is 1.09 bits per heavy atom. The summed E-state index contributed by atoms with van der Waals surface area (Å²) in [5.74, 6) is 1.09. The number of aromatic hydroxyl groups is 1. The molecule has 0 unspecified atom stereocenters. The molecule has 0 aliphatic carbocycles. The molecule has 123 valence electrons. The van der Waals surface area contributed by atoms with Crippen molar-refractivity contribution in [2.75, 3.05) is 32.7 Å². The molecule has 1 saturated heterocycles. The van der Waals surface area contributed by atoms with Gasteiger partial charge in [0.2, 0.25) is 0 Å². The first-order valence-electron chi connectivity index (χ1n) is 7.38. The summed E-state index contributed by atoms with van der Waals surface area (Å²) < 4.78 is 37.7. The number of hydrogen-bond acceptors (Lipinski definition) is 3. The van der Waals surface area contributed by atoms with Crippen LogP contribution in [0.1, 0.15) is 25.0 Å². The molecule has 0 aromatic heterocycles. The van der Waals surface area contributed by atoms with E-state index in [2.05, 4.69) is 23.6 Å². The molecule has 1 aromatic carbocycles. The van der Waals surface area contributed by atoms with Crippen molar-refractivity contribution in [3.8, 4) is 5.75 Å². The molecule has 6 heteroatoms. The van der Waals surface area contributed by atoms with Gasteiger partial charge < -0.3 is 10.0 Å². The minimum absolute atomic E-state index is 0.282. The molecule has 2 rings (SSSR count). The third-order valence-corrected chi connectivity index (χ3v) is 3.81. The molecule has 1 fully saturated rings. The number of nitrogens with zero attached hydrogens (tertiary/aromatic N) is 2. The highest BCUT2D eigenvalue weighted by atomic mass is 19.4. The zero-order valence-electron chi connectivity index (χ0n) is 13.0. The highest BCUT2D eigenvalue weighted by molar-refractivity contribution is 5.37. The number of halogens is 3. The van der Waals surface area contributed by atoms with Gasteiger partial charge in [-0.2, -0.15) is 13.2 Å². The lowest BCUT2D eigenvalue weighted by Crippen LogP contribution is -2.46. The third-order valence-electron chi connectivity index (χ3n) is 3.81. The molecule has 1 radical (unpaired) electrons. The summed E-state index contributed by atoms with van der Waals surface area (Å²) in [7, 11) is 0. The summed E-state index contributed by atoms with van der Waals surface area (Å²) in [5.41, 5.74) is -0.271. The molecule has 1 aliphatic heterocycles. The van der Waals surface area contributed by atoms with Crippen LogP contribution in [0.3, 0.4) is 0 Å². The lowest BCUT2D eigenvalue weighted by atomic mass is 10.1. The molecular weight excluding hydrogens is 293 g/mol. The summed E-state index contributed by atoms with van der Waals surface area (Å²) >= 11 is 0. The van der Waals surface area contributed by atoms with Crippen LogP contribution >= 0.6 is 0 Å². The normalized spacial score (nSPS) is 18.1. The van der Waals surface area contributed by atoms with Crippen molar-refractivity contribution in [3.05, 3.63) is 35.2 Å². The Morgan fingerprint density at radius 2 is 1.68 bits per heavy atom. The second-order valence-corrected chi connectivity index (χ2v) is 6.10. The van der Waals surface area contributed by atoms with Gasteiger partial charge in [0.25, 0.3) is 0 Å². The van der Waals surface area contributed by atoms with Gasteiger partial charge in [0.1, 0.15) is 5.75 Å². The van der Waals surface area contributed by atoms with Gasteiger partial charge in [0, 0.05) is 44.8 Å². The molecule has 1 N–H and O–H groups in total. The molecule has 0 spiro atoms. The van der Waals surface area contributed by atoms with E-state index >= 15 is 0 Å². The number of benzene rings is 1. The molecule has 1 aromatic rings. The van der Waals surface area contributed by atoms with E-state index < -0.39 is 11.7 Å². The van der Waals surface area contributed by atoms with E-state index in [4.69, 9.17) is 0 Å². The highest BCUT2D eigenvalue weighted by Crippen LogP contribution is 2.33. The van der Waals surface area contributed by atoms with Crippen LogP contribution in [0, 0.1) is 5.92 Å². The Bertz CT molecular complexity index is 495. The minimum atomic E-state index is -4.42. The first kappa shape index (κ1) is 17.1. The Labute approximate surface area is 129 Å². The molecule has 0 bridgehead atoms. The highest BCUT2D eigenvalue weighted by Gasteiger charge is 2.31. The molecular formula is C16H22F3N2O. The van der Waals surface area contributed by atoms with Gasteiger partial charge in [-0.1, -0.05) is 19.9 Å². The van der Waals surface area contributed by atoms with Crippen molar-refractivity contribution in [1.29, 1.82) is 0 Å². The SMILES string of the molecule is C[C](C)CN1CCN(Cc2ccc(C(F)(F)F)cc2O)CC1. The van der Waals surface area contributed by atoms with Crippen LogP contribution in [0.15, 0.2) is 18.2 Å². The van der Waals surface area contributed by atoms with Gasteiger partial charge in [-0.15, -0.1) is 0 Å². The smallest absolute Gasteiger partial charge is 0.416 e. The predicted molar refractivity (Wildman–Crippen MR) is 79.4 cm³/mol. The van der Waals surface area contributed by atoms with Crippen molar-refractivity contribution in [1.82, 2.24) is 9.80 Å². The fourth-order valence-electron chi connectivity index (χ4n) is 2.67. The third kappa shape index (κ3) is 4.61. The molecule has 1 aliphatic rings. The molecule has 0 amide bonds. The zero-order valence-corrected chi connectivity index (χ0v) is 13.0. The van der Waals surface area contributed by atoms with E-state index in [-0.39, 0.29) is 5.75 Å². The van der Waals surface area contributed by atoms with Crippen molar-refractivity contribution in [3.63, 3.8) is 0 Å². The second-order valence-electron chi connectivity index (χ2n) is 6.10. The molecule has 22 heavy (non-hydrogen) atoms. The van der Waals surface area contributed by atoms with E-state index in [1.807, 2.05) is 0 Å². The Balaban J connectivity index is 1.92. The van der Waals surface area contributed by atoms with Crippen molar-refractivity contribution in [2.45, 2.75) is 26.6 Å². The van der Waals surface area contributed by atoms with Crippen LogP contribution in [-0.4, -0.2) is 47.6 Å². The topological polar surface area (TPSA) is 26.7 Å². The molecule has 1 heterocycles. The van der Waals surface area contributed by atoms with Crippen LogP contribution in [-0.2, 0) is 12.7 Å². The van der Waals surface area contributed by atoms with Crippen LogP contribution < -0.4 is 0 Å². The van der Waals surface area contributed by atoms with Gasteiger partial charge in [-0.25, -0.2) is 0 Å². The second kappa shape index (κ2) is 6.87. The van der Waals surface area contributed by atoms with Gasteiger partial charge in [0.15, 0.2) is 0 Å². The largest absolute Gasteiger partial charge is 0.508 e. The van der Waals surface area contributed by atoms with Crippen LogP contribution in [0.4, 0.5) is 13.2 Å². The van der Waals surface area contributed by atoms with Crippen molar-refractivity contribution in [2.24, 2.45) is 0 Å². The summed E-state index contributed by atoms with van der Waals surface area (Å²) in [6, 6.07) is 3.20. The fourth-order valence-corrected chi connectivity index (χ4v) is 2.67. The Hall–Kier alpha value is -1.27. The van der Waals surface area contributed by atoms with E-state index in [1.165, 1.54) is 12.0 Å². The number of phenols is 1. The van der Waals surface area contributed by atoms with E-state index in [0.717, 1.165) is 44.9 Å². The fraction of sp³-hybridized carbons (Fsp3) is 0.562. The summed E-state index contributed by atoms with van der Waals surface area (Å²) in [6.07, 6.45) is -4.42. The lowest BCUT2D eigenvalue weighted by molar-refractivity contribution is -0.137. The van der Waals surface area contributed by atoms with Crippen LogP contribution in [0.2, 0.25) is 0 Å². The predicted octanol–water partition coefficient (Wildman–Crippen LogP) is 3.14. The first-order chi connectivity index (χ1) is 10.3. The quantitative estimate of drug-likeness (QED) is 0.925. The minimum Gasteiger partial charge on any atom is -0.508 e.